The third-order valence-corrected chi connectivity index (χ3v) is 4.86. The lowest BCUT2D eigenvalue weighted by atomic mass is 10.1. The first-order chi connectivity index (χ1) is 8.90. The van der Waals surface area contributed by atoms with E-state index in [2.05, 4.69) is 23.5 Å². The van der Waals surface area contributed by atoms with Gasteiger partial charge in [0.05, 0.1) is 4.90 Å². The molecule has 0 aliphatic carbocycles. The number of benzene rings is 1. The second-order valence-electron chi connectivity index (χ2n) is 4.67. The van der Waals surface area contributed by atoms with Crippen LogP contribution in [0.1, 0.15) is 25.0 Å². The summed E-state index contributed by atoms with van der Waals surface area (Å²) < 4.78 is 26.9. The predicted octanol–water partition coefficient (Wildman–Crippen LogP) is 1.92. The summed E-state index contributed by atoms with van der Waals surface area (Å²) in [6.07, 6.45) is 0. The molecule has 0 bridgehead atoms. The Morgan fingerprint density at radius 2 is 1.74 bits per heavy atom. The molecule has 0 aliphatic rings. The zero-order valence-electron chi connectivity index (χ0n) is 12.2. The number of rotatable bonds is 7. The Kier molecular flexibility index (Phi) is 5.97. The summed E-state index contributed by atoms with van der Waals surface area (Å²) in [6, 6.07) is 5.21. The Hall–Kier alpha value is -0.910. The number of hydrogen-bond acceptors (Lipinski definition) is 3. The first-order valence-electron chi connectivity index (χ1n) is 6.70. The average Bonchev–Trinajstić information content (AvgIpc) is 2.37. The van der Waals surface area contributed by atoms with Crippen molar-refractivity contribution in [3.63, 3.8) is 0 Å². The summed E-state index contributed by atoms with van der Waals surface area (Å²) in [5, 5.41) is 0. The Morgan fingerprint density at radius 1 is 1.11 bits per heavy atom. The third-order valence-electron chi connectivity index (χ3n) is 3.40. The molecule has 0 aromatic heterocycles. The smallest absolute Gasteiger partial charge is 0.240 e. The molecule has 0 amide bonds. The maximum atomic E-state index is 12.1. The molecule has 5 heteroatoms. The number of sulfonamides is 1. The molecular formula is C14H24N2O2S. The molecule has 19 heavy (non-hydrogen) atoms. The molecule has 0 atom stereocenters. The van der Waals surface area contributed by atoms with E-state index in [9.17, 15) is 8.42 Å². The van der Waals surface area contributed by atoms with Crippen molar-refractivity contribution in [3.8, 4) is 0 Å². The molecule has 0 aliphatic heterocycles. The van der Waals surface area contributed by atoms with Crippen LogP contribution >= 0.6 is 0 Å². The van der Waals surface area contributed by atoms with Crippen molar-refractivity contribution in [2.24, 2.45) is 0 Å². The van der Waals surface area contributed by atoms with Crippen LogP contribution in [0.5, 0.6) is 0 Å². The normalized spacial score (nSPS) is 12.1. The Labute approximate surface area is 116 Å². The monoisotopic (exact) mass is 284 g/mol. The van der Waals surface area contributed by atoms with Gasteiger partial charge in [0.1, 0.15) is 0 Å². The minimum Gasteiger partial charge on any atom is -0.303 e. The first kappa shape index (κ1) is 16.1. The highest BCUT2D eigenvalue weighted by Crippen LogP contribution is 2.14. The van der Waals surface area contributed by atoms with Crippen molar-refractivity contribution >= 4 is 10.0 Å². The first-order valence-corrected chi connectivity index (χ1v) is 8.18. The van der Waals surface area contributed by atoms with Gasteiger partial charge in [-0.05, 0) is 50.2 Å². The Bertz CT molecular complexity index is 508. The molecule has 1 aromatic carbocycles. The van der Waals surface area contributed by atoms with E-state index in [1.165, 1.54) is 0 Å². The van der Waals surface area contributed by atoms with Gasteiger partial charge in [-0.15, -0.1) is 0 Å². The van der Waals surface area contributed by atoms with E-state index in [1.807, 2.05) is 19.9 Å². The lowest BCUT2D eigenvalue weighted by Crippen LogP contribution is -2.34. The molecule has 4 nitrogen and oxygen atoms in total. The fourth-order valence-electron chi connectivity index (χ4n) is 1.84. The average molecular weight is 284 g/mol. The number of hydrogen-bond donors (Lipinski definition) is 1. The summed E-state index contributed by atoms with van der Waals surface area (Å²) in [7, 11) is -3.39. The zero-order valence-corrected chi connectivity index (χ0v) is 13.0. The standard InChI is InChI=1S/C14H24N2O2S/c1-5-16(6-2)10-9-15-19(17,18)14-8-7-12(3)13(4)11-14/h7-8,11,15H,5-6,9-10H2,1-4H3. The summed E-state index contributed by atoms with van der Waals surface area (Å²) in [4.78, 5) is 2.53. The highest BCUT2D eigenvalue weighted by Gasteiger charge is 2.14. The molecule has 1 N–H and O–H groups in total. The maximum absolute atomic E-state index is 12.1. The second kappa shape index (κ2) is 7.03. The fraction of sp³-hybridized carbons (Fsp3) is 0.571. The zero-order chi connectivity index (χ0) is 14.5. The van der Waals surface area contributed by atoms with Crippen molar-refractivity contribution in [2.75, 3.05) is 26.2 Å². The molecule has 108 valence electrons. The van der Waals surface area contributed by atoms with Crippen LogP contribution in [0, 0.1) is 13.8 Å². The minimum absolute atomic E-state index is 0.343. The maximum Gasteiger partial charge on any atom is 0.240 e. The van der Waals surface area contributed by atoms with Gasteiger partial charge >= 0.3 is 0 Å². The van der Waals surface area contributed by atoms with Crippen LogP contribution in [0.4, 0.5) is 0 Å². The van der Waals surface area contributed by atoms with E-state index in [4.69, 9.17) is 0 Å². The van der Waals surface area contributed by atoms with Crippen LogP contribution in [-0.2, 0) is 10.0 Å². The molecule has 1 rings (SSSR count). The lowest BCUT2D eigenvalue weighted by molar-refractivity contribution is 0.309. The van der Waals surface area contributed by atoms with Crippen molar-refractivity contribution in [2.45, 2.75) is 32.6 Å². The van der Waals surface area contributed by atoms with Crippen LogP contribution in [0.25, 0.3) is 0 Å². The number of aryl methyl sites for hydroxylation is 2. The Morgan fingerprint density at radius 3 is 2.26 bits per heavy atom. The molecule has 0 saturated heterocycles. The van der Waals surface area contributed by atoms with Crippen molar-refractivity contribution in [1.82, 2.24) is 9.62 Å². The van der Waals surface area contributed by atoms with Gasteiger partial charge in [0.25, 0.3) is 0 Å². The van der Waals surface area contributed by atoms with Gasteiger partial charge in [-0.2, -0.15) is 0 Å². The van der Waals surface area contributed by atoms with E-state index < -0.39 is 10.0 Å². The van der Waals surface area contributed by atoms with Crippen molar-refractivity contribution in [3.05, 3.63) is 29.3 Å². The highest BCUT2D eigenvalue weighted by atomic mass is 32.2. The summed E-state index contributed by atoms with van der Waals surface area (Å²) in [5.41, 5.74) is 2.09. The highest BCUT2D eigenvalue weighted by molar-refractivity contribution is 7.89. The van der Waals surface area contributed by atoms with Crippen LogP contribution in [0.3, 0.4) is 0 Å². The number of nitrogens with zero attached hydrogens (tertiary/aromatic N) is 1. The number of likely N-dealkylation sites (N-methyl/N-ethyl adjacent to an activating group) is 1. The minimum atomic E-state index is -3.39. The van der Waals surface area contributed by atoms with Gasteiger partial charge < -0.3 is 4.90 Å². The SMILES string of the molecule is CCN(CC)CCNS(=O)(=O)c1ccc(C)c(C)c1. The lowest BCUT2D eigenvalue weighted by Gasteiger charge is -2.18. The quantitative estimate of drug-likeness (QED) is 0.832. The second-order valence-corrected chi connectivity index (χ2v) is 6.44. The van der Waals surface area contributed by atoms with E-state index in [0.29, 0.717) is 11.4 Å². The molecule has 0 radical (unpaired) electrons. The van der Waals surface area contributed by atoms with E-state index in [-0.39, 0.29) is 0 Å². The van der Waals surface area contributed by atoms with E-state index >= 15 is 0 Å². The van der Waals surface area contributed by atoms with Gasteiger partial charge in [0, 0.05) is 13.1 Å². The molecule has 0 fully saturated rings. The van der Waals surface area contributed by atoms with Crippen molar-refractivity contribution < 1.29 is 8.42 Å². The molecule has 0 unspecified atom stereocenters. The van der Waals surface area contributed by atoms with Gasteiger partial charge in [-0.25, -0.2) is 13.1 Å². The molecule has 0 spiro atoms. The number of nitrogens with one attached hydrogen (secondary N) is 1. The molecule has 0 heterocycles. The Balaban J connectivity index is 2.68. The third kappa shape index (κ3) is 4.60. The van der Waals surface area contributed by atoms with Gasteiger partial charge in [0.2, 0.25) is 10.0 Å². The van der Waals surface area contributed by atoms with E-state index in [0.717, 1.165) is 30.8 Å². The molecule has 1 aromatic rings. The molecule has 0 saturated carbocycles. The van der Waals surface area contributed by atoms with Gasteiger partial charge in [0.15, 0.2) is 0 Å². The van der Waals surface area contributed by atoms with Crippen LogP contribution in [0.2, 0.25) is 0 Å². The molecular weight excluding hydrogens is 260 g/mol. The van der Waals surface area contributed by atoms with Gasteiger partial charge in [-0.1, -0.05) is 19.9 Å². The summed E-state index contributed by atoms with van der Waals surface area (Å²) in [6.45, 7) is 11.1. The van der Waals surface area contributed by atoms with Crippen LogP contribution in [-0.4, -0.2) is 39.5 Å². The fourth-order valence-corrected chi connectivity index (χ4v) is 2.95. The topological polar surface area (TPSA) is 49.4 Å². The van der Waals surface area contributed by atoms with Crippen LogP contribution in [0.15, 0.2) is 23.1 Å². The van der Waals surface area contributed by atoms with Gasteiger partial charge in [-0.3, -0.25) is 0 Å². The van der Waals surface area contributed by atoms with Crippen LogP contribution < -0.4 is 4.72 Å². The predicted molar refractivity (Wildman–Crippen MR) is 78.9 cm³/mol. The summed E-state index contributed by atoms with van der Waals surface area (Å²) >= 11 is 0. The van der Waals surface area contributed by atoms with E-state index in [1.54, 1.807) is 12.1 Å². The summed E-state index contributed by atoms with van der Waals surface area (Å²) in [5.74, 6) is 0. The largest absolute Gasteiger partial charge is 0.303 e. The van der Waals surface area contributed by atoms with Crippen molar-refractivity contribution in [1.29, 1.82) is 0 Å².